The molecule has 0 saturated carbocycles. The van der Waals surface area contributed by atoms with Crippen molar-refractivity contribution >= 4 is 11.6 Å². The minimum absolute atomic E-state index is 0.169. The minimum Gasteiger partial charge on any atom is -0.465 e. The Hall–Kier alpha value is -3.42. The Labute approximate surface area is 181 Å². The van der Waals surface area contributed by atoms with E-state index in [-0.39, 0.29) is 24.4 Å². The van der Waals surface area contributed by atoms with Crippen molar-refractivity contribution in [2.24, 2.45) is 0 Å². The Morgan fingerprint density at radius 1 is 0.710 bits per heavy atom. The molecule has 0 aromatic heterocycles. The molecule has 0 amide bonds. The molecule has 0 fully saturated rings. The first-order chi connectivity index (χ1) is 14.6. The van der Waals surface area contributed by atoms with Crippen LogP contribution in [0.4, 0.5) is 0 Å². The number of Topliss-reactive ketones (excluding diaryl/α,β-unsaturated/α-hetero) is 2. The van der Waals surface area contributed by atoms with Crippen molar-refractivity contribution in [3.05, 3.63) is 72.8 Å². The number of aliphatic hydroxyl groups is 2. The summed E-state index contributed by atoms with van der Waals surface area (Å²) in [6.07, 6.45) is -2.86. The molecule has 2 aromatic rings. The van der Waals surface area contributed by atoms with Gasteiger partial charge in [-0.1, -0.05) is 13.2 Å². The predicted molar refractivity (Wildman–Crippen MR) is 115 cm³/mol. The number of hydrogen-bond acceptors (Lipinski definition) is 7. The van der Waals surface area contributed by atoms with E-state index in [0.29, 0.717) is 34.1 Å². The van der Waals surface area contributed by atoms with E-state index in [9.17, 15) is 19.8 Å². The van der Waals surface area contributed by atoms with Gasteiger partial charge in [0.2, 0.25) is 12.6 Å². The molecule has 7 nitrogen and oxygen atoms in total. The third-order valence-electron chi connectivity index (χ3n) is 4.10. The average molecular weight is 426 g/mol. The zero-order valence-electron chi connectivity index (χ0n) is 17.5. The molecule has 0 radical (unpaired) electrons. The molecule has 0 saturated heterocycles. The molecule has 0 bridgehead atoms. The second-order valence-corrected chi connectivity index (χ2v) is 7.01. The molecule has 0 aliphatic carbocycles. The molecule has 2 N–H and O–H groups in total. The fourth-order valence-electron chi connectivity index (χ4n) is 2.37. The average Bonchev–Trinajstić information content (AvgIpc) is 2.70. The van der Waals surface area contributed by atoms with Crippen molar-refractivity contribution < 1.29 is 34.0 Å². The molecule has 2 unspecified atom stereocenters. The smallest absolute Gasteiger partial charge is 0.204 e. The first-order valence-corrected chi connectivity index (χ1v) is 9.59. The molecule has 2 rings (SSSR count). The van der Waals surface area contributed by atoms with Crippen LogP contribution in [0.2, 0.25) is 0 Å². The van der Waals surface area contributed by atoms with Crippen molar-refractivity contribution in [2.75, 3.05) is 0 Å². The number of ether oxygens (including phenoxy) is 3. The van der Waals surface area contributed by atoms with Crippen LogP contribution in [0, 0.1) is 0 Å². The van der Waals surface area contributed by atoms with Crippen molar-refractivity contribution in [1.29, 1.82) is 0 Å². The van der Waals surface area contributed by atoms with Crippen LogP contribution in [0.1, 0.15) is 26.7 Å². The fraction of sp³-hybridized carbons (Fsp3) is 0.250. The van der Waals surface area contributed by atoms with E-state index < -0.39 is 12.6 Å². The lowest BCUT2D eigenvalue weighted by Gasteiger charge is -2.14. The van der Waals surface area contributed by atoms with E-state index >= 15 is 0 Å². The van der Waals surface area contributed by atoms with E-state index in [4.69, 9.17) is 14.2 Å². The Kier molecular flexibility index (Phi) is 8.54. The standard InChI is InChI=1S/C24H26O7/c1-15(2)21(25)13-23(27)30-19-9-5-17(6-10-19)29-18-7-11-20(12-8-18)31-24(28)14-22(26)16(3)4/h5-12,23-24,27-28H,1,3,13-14H2,2,4H3. The maximum absolute atomic E-state index is 11.6. The number of benzene rings is 2. The van der Waals surface area contributed by atoms with E-state index in [1.54, 1.807) is 62.4 Å². The van der Waals surface area contributed by atoms with Crippen molar-refractivity contribution in [2.45, 2.75) is 39.3 Å². The lowest BCUT2D eigenvalue weighted by Crippen LogP contribution is -2.20. The zero-order valence-corrected chi connectivity index (χ0v) is 17.5. The summed E-state index contributed by atoms with van der Waals surface area (Å²) in [6.45, 7) is 10.2. The molecule has 0 aliphatic rings. The molecule has 2 aromatic carbocycles. The first-order valence-electron chi connectivity index (χ1n) is 9.59. The number of carbonyl (C=O) groups is 2. The maximum Gasteiger partial charge on any atom is 0.204 e. The van der Waals surface area contributed by atoms with Crippen LogP contribution in [0.3, 0.4) is 0 Å². The van der Waals surface area contributed by atoms with E-state index in [1.165, 1.54) is 0 Å². The molecule has 2 atom stereocenters. The zero-order chi connectivity index (χ0) is 23.0. The summed E-state index contributed by atoms with van der Waals surface area (Å²) in [7, 11) is 0. The van der Waals surface area contributed by atoms with Gasteiger partial charge in [-0.2, -0.15) is 0 Å². The number of aliphatic hydroxyl groups excluding tert-OH is 2. The minimum atomic E-state index is -1.26. The van der Waals surface area contributed by atoms with Crippen LogP contribution in [0.5, 0.6) is 23.0 Å². The quantitative estimate of drug-likeness (QED) is 0.391. The number of rotatable bonds is 12. The van der Waals surface area contributed by atoms with Crippen molar-refractivity contribution in [3.63, 3.8) is 0 Å². The highest BCUT2D eigenvalue weighted by Crippen LogP contribution is 2.26. The maximum atomic E-state index is 11.6. The molecule has 31 heavy (non-hydrogen) atoms. The Morgan fingerprint density at radius 2 is 1.00 bits per heavy atom. The summed E-state index contributed by atoms with van der Waals surface area (Å²) < 4.78 is 16.3. The van der Waals surface area contributed by atoms with Gasteiger partial charge in [-0.05, 0) is 73.5 Å². The van der Waals surface area contributed by atoms with Gasteiger partial charge < -0.3 is 24.4 Å². The highest BCUT2D eigenvalue weighted by atomic mass is 16.6. The fourth-order valence-corrected chi connectivity index (χ4v) is 2.37. The second kappa shape index (κ2) is 11.1. The van der Waals surface area contributed by atoms with Crippen molar-refractivity contribution in [3.8, 4) is 23.0 Å². The highest BCUT2D eigenvalue weighted by molar-refractivity contribution is 5.94. The largest absolute Gasteiger partial charge is 0.465 e. The van der Waals surface area contributed by atoms with E-state index in [2.05, 4.69) is 13.2 Å². The summed E-state index contributed by atoms with van der Waals surface area (Å²) in [5.74, 6) is 1.29. The second-order valence-electron chi connectivity index (χ2n) is 7.01. The lowest BCUT2D eigenvalue weighted by molar-refractivity contribution is -0.123. The van der Waals surface area contributed by atoms with Crippen LogP contribution < -0.4 is 14.2 Å². The lowest BCUT2D eigenvalue weighted by atomic mass is 10.1. The Morgan fingerprint density at radius 3 is 1.29 bits per heavy atom. The van der Waals surface area contributed by atoms with Crippen LogP contribution in [0.15, 0.2) is 72.8 Å². The van der Waals surface area contributed by atoms with Crippen LogP contribution in [-0.4, -0.2) is 34.4 Å². The molecule has 0 aliphatic heterocycles. The molecule has 0 spiro atoms. The van der Waals surface area contributed by atoms with Gasteiger partial charge in [-0.3, -0.25) is 9.59 Å². The SMILES string of the molecule is C=C(C)C(=O)CC(O)Oc1ccc(Oc2ccc(OC(O)CC(=O)C(=C)C)cc2)cc1. The third kappa shape index (κ3) is 8.08. The summed E-state index contributed by atoms with van der Waals surface area (Å²) >= 11 is 0. The van der Waals surface area contributed by atoms with Gasteiger partial charge in [0.25, 0.3) is 0 Å². The number of hydrogen-bond donors (Lipinski definition) is 2. The molecule has 164 valence electrons. The number of allylic oxidation sites excluding steroid dienone is 2. The Balaban J connectivity index is 1.87. The monoisotopic (exact) mass is 426 g/mol. The molecule has 7 heteroatoms. The molecular weight excluding hydrogens is 400 g/mol. The number of ketones is 2. The summed E-state index contributed by atoms with van der Waals surface area (Å²) in [5, 5.41) is 19.6. The van der Waals surface area contributed by atoms with Gasteiger partial charge >= 0.3 is 0 Å². The molecular formula is C24H26O7. The van der Waals surface area contributed by atoms with Gasteiger partial charge in [0.15, 0.2) is 11.6 Å². The van der Waals surface area contributed by atoms with Gasteiger partial charge in [0.05, 0.1) is 12.8 Å². The van der Waals surface area contributed by atoms with E-state index in [0.717, 1.165) is 0 Å². The van der Waals surface area contributed by atoms with Crippen LogP contribution >= 0.6 is 0 Å². The normalized spacial score (nSPS) is 12.4. The van der Waals surface area contributed by atoms with Gasteiger partial charge in [-0.15, -0.1) is 0 Å². The Bertz CT molecular complexity index is 852. The first kappa shape index (κ1) is 23.9. The van der Waals surface area contributed by atoms with Gasteiger partial charge in [0.1, 0.15) is 23.0 Å². The van der Waals surface area contributed by atoms with E-state index in [1.807, 2.05) is 0 Å². The highest BCUT2D eigenvalue weighted by Gasteiger charge is 2.14. The summed E-state index contributed by atoms with van der Waals surface area (Å²) in [5.41, 5.74) is 0.718. The van der Waals surface area contributed by atoms with Crippen LogP contribution in [0.25, 0.3) is 0 Å². The van der Waals surface area contributed by atoms with Crippen LogP contribution in [-0.2, 0) is 9.59 Å². The van der Waals surface area contributed by atoms with Gasteiger partial charge in [-0.25, -0.2) is 0 Å². The number of carbonyl (C=O) groups excluding carboxylic acids is 2. The predicted octanol–water partition coefficient (Wildman–Crippen LogP) is 3.94. The van der Waals surface area contributed by atoms with Crippen molar-refractivity contribution in [1.82, 2.24) is 0 Å². The van der Waals surface area contributed by atoms with Gasteiger partial charge in [0, 0.05) is 0 Å². The molecule has 0 heterocycles. The topological polar surface area (TPSA) is 102 Å². The summed E-state index contributed by atoms with van der Waals surface area (Å²) in [6, 6.07) is 13.0. The third-order valence-corrected chi connectivity index (χ3v) is 4.10. The summed E-state index contributed by atoms with van der Waals surface area (Å²) in [4.78, 5) is 23.1.